The summed E-state index contributed by atoms with van der Waals surface area (Å²) in [7, 11) is 3.02. The molecule has 0 spiro atoms. The van der Waals surface area contributed by atoms with Gasteiger partial charge < -0.3 is 24.6 Å². The summed E-state index contributed by atoms with van der Waals surface area (Å²) in [5.74, 6) is 0.765. The molecule has 230 valence electrons. The van der Waals surface area contributed by atoms with Crippen LogP contribution in [-0.4, -0.2) is 67.8 Å². The Kier molecular flexibility index (Phi) is 11.0. The number of pyridine rings is 1. The smallest absolute Gasteiger partial charge is 0.411 e. The average Bonchev–Trinajstić information content (AvgIpc) is 3.00. The molecule has 0 radical (unpaired) electrons. The highest BCUT2D eigenvalue weighted by molar-refractivity contribution is 5.98. The zero-order valence-electron chi connectivity index (χ0n) is 26.3. The standard InChI is InChI=1S/C34H45N5O4/c1-23-11-15-35-21-27(23)22-39(29-7-9-31(42-5)10-8-29)30-13-17-38(18-14-30)26(4)12-16-36-33(40)32-24(2)19-28(20-25(32)3)37-34(41)43-6/h7-11,15,19-21,26,30H,12-14,16-18,22H2,1-6H3,(H,36,40)(H,37,41)/t26-/m1/s1. The molecule has 0 saturated carbocycles. The Morgan fingerprint density at radius 1 is 1.02 bits per heavy atom. The van der Waals surface area contributed by atoms with Crippen LogP contribution in [-0.2, 0) is 11.3 Å². The van der Waals surface area contributed by atoms with E-state index >= 15 is 0 Å². The van der Waals surface area contributed by atoms with Crippen LogP contribution < -0.4 is 20.3 Å². The van der Waals surface area contributed by atoms with Gasteiger partial charge in [-0.2, -0.15) is 0 Å². The van der Waals surface area contributed by atoms with E-state index in [1.54, 1.807) is 19.2 Å². The van der Waals surface area contributed by atoms with Gasteiger partial charge >= 0.3 is 6.09 Å². The van der Waals surface area contributed by atoms with Crippen molar-refractivity contribution in [3.8, 4) is 5.75 Å². The van der Waals surface area contributed by atoms with Gasteiger partial charge in [-0.05, 0) is 112 Å². The molecule has 2 amide bonds. The number of benzene rings is 2. The van der Waals surface area contributed by atoms with E-state index in [4.69, 9.17) is 4.74 Å². The molecule has 1 aromatic heterocycles. The quantitative estimate of drug-likeness (QED) is 0.290. The third-order valence-corrected chi connectivity index (χ3v) is 8.49. The van der Waals surface area contributed by atoms with Crippen molar-refractivity contribution in [1.29, 1.82) is 0 Å². The fourth-order valence-corrected chi connectivity index (χ4v) is 5.92. The summed E-state index contributed by atoms with van der Waals surface area (Å²) in [6, 6.07) is 14.8. The normalized spacial score (nSPS) is 14.6. The number of likely N-dealkylation sites (tertiary alicyclic amines) is 1. The first-order chi connectivity index (χ1) is 20.7. The number of carbonyl (C=O) groups is 2. The number of aromatic nitrogens is 1. The molecule has 9 heteroatoms. The van der Waals surface area contributed by atoms with Gasteiger partial charge in [0.25, 0.3) is 5.91 Å². The number of ether oxygens (including phenoxy) is 2. The van der Waals surface area contributed by atoms with Gasteiger partial charge in [-0.3, -0.25) is 15.1 Å². The second kappa shape index (κ2) is 14.9. The maximum atomic E-state index is 13.0. The Morgan fingerprint density at radius 2 is 1.70 bits per heavy atom. The number of hydrogen-bond acceptors (Lipinski definition) is 7. The molecule has 2 N–H and O–H groups in total. The van der Waals surface area contributed by atoms with E-state index in [0.29, 0.717) is 29.9 Å². The highest BCUT2D eigenvalue weighted by Gasteiger charge is 2.28. The molecule has 2 heterocycles. The van der Waals surface area contributed by atoms with Gasteiger partial charge in [-0.15, -0.1) is 0 Å². The molecule has 9 nitrogen and oxygen atoms in total. The maximum absolute atomic E-state index is 13.0. The number of amides is 2. The van der Waals surface area contributed by atoms with Gasteiger partial charge in [0.1, 0.15) is 5.75 Å². The van der Waals surface area contributed by atoms with Gasteiger partial charge in [0.15, 0.2) is 0 Å². The number of nitrogens with one attached hydrogen (secondary N) is 2. The average molecular weight is 588 g/mol. The molecule has 4 rings (SSSR count). The number of carbonyl (C=O) groups excluding carboxylic acids is 2. The van der Waals surface area contributed by atoms with E-state index in [1.807, 2.05) is 38.4 Å². The molecule has 0 bridgehead atoms. The maximum Gasteiger partial charge on any atom is 0.411 e. The molecule has 2 aromatic carbocycles. The van der Waals surface area contributed by atoms with Gasteiger partial charge in [0.2, 0.25) is 0 Å². The van der Waals surface area contributed by atoms with E-state index in [0.717, 1.165) is 55.8 Å². The zero-order valence-corrected chi connectivity index (χ0v) is 26.3. The van der Waals surface area contributed by atoms with Crippen molar-refractivity contribution in [1.82, 2.24) is 15.2 Å². The van der Waals surface area contributed by atoms with Gasteiger partial charge in [0.05, 0.1) is 14.2 Å². The number of hydrogen-bond donors (Lipinski definition) is 2. The lowest BCUT2D eigenvalue weighted by Gasteiger charge is -2.42. The van der Waals surface area contributed by atoms with Crippen LogP contribution >= 0.6 is 0 Å². The predicted molar refractivity (Wildman–Crippen MR) is 171 cm³/mol. The van der Waals surface area contributed by atoms with E-state index in [9.17, 15) is 9.59 Å². The zero-order chi connectivity index (χ0) is 30.9. The summed E-state index contributed by atoms with van der Waals surface area (Å²) in [6.45, 7) is 11.6. The molecular formula is C34H45N5O4. The van der Waals surface area contributed by atoms with Crippen LogP contribution in [0.3, 0.4) is 0 Å². The molecule has 3 aromatic rings. The first-order valence-corrected chi connectivity index (χ1v) is 15.0. The molecule has 0 aliphatic carbocycles. The lowest BCUT2D eigenvalue weighted by atomic mass is 9.98. The monoisotopic (exact) mass is 587 g/mol. The summed E-state index contributed by atoms with van der Waals surface area (Å²) in [5.41, 5.74) is 6.55. The Labute approximate surface area is 255 Å². The first-order valence-electron chi connectivity index (χ1n) is 15.0. The van der Waals surface area contributed by atoms with Crippen molar-refractivity contribution in [3.05, 3.63) is 82.7 Å². The van der Waals surface area contributed by atoms with Crippen molar-refractivity contribution in [2.75, 3.05) is 44.1 Å². The second-order valence-electron chi connectivity index (χ2n) is 11.4. The summed E-state index contributed by atoms with van der Waals surface area (Å²) in [5, 5.41) is 5.77. The summed E-state index contributed by atoms with van der Waals surface area (Å²) < 4.78 is 10.1. The third kappa shape index (κ3) is 8.26. The van der Waals surface area contributed by atoms with Crippen LogP contribution in [0.15, 0.2) is 54.9 Å². The van der Waals surface area contributed by atoms with Crippen molar-refractivity contribution in [2.45, 2.75) is 65.6 Å². The van der Waals surface area contributed by atoms with E-state index in [-0.39, 0.29) is 5.91 Å². The van der Waals surface area contributed by atoms with Crippen LogP contribution in [0, 0.1) is 20.8 Å². The fraction of sp³-hybridized carbons (Fsp3) is 0.441. The van der Waals surface area contributed by atoms with E-state index in [2.05, 4.69) is 62.2 Å². The highest BCUT2D eigenvalue weighted by atomic mass is 16.5. The molecule has 1 saturated heterocycles. The minimum Gasteiger partial charge on any atom is -0.497 e. The summed E-state index contributed by atoms with van der Waals surface area (Å²) >= 11 is 0. The van der Waals surface area contributed by atoms with Gasteiger partial charge in [-0.25, -0.2) is 4.79 Å². The number of nitrogens with zero attached hydrogens (tertiary/aromatic N) is 3. The molecule has 1 fully saturated rings. The number of rotatable bonds is 11. The molecule has 1 aliphatic rings. The van der Waals surface area contributed by atoms with Crippen molar-refractivity contribution in [3.63, 3.8) is 0 Å². The van der Waals surface area contributed by atoms with Gasteiger partial charge in [0, 0.05) is 67.6 Å². The molecule has 1 atom stereocenters. The first kappa shape index (κ1) is 31.8. The Balaban J connectivity index is 1.32. The van der Waals surface area contributed by atoms with Crippen LogP contribution in [0.1, 0.15) is 58.8 Å². The van der Waals surface area contributed by atoms with Crippen LogP contribution in [0.2, 0.25) is 0 Å². The van der Waals surface area contributed by atoms with Crippen LogP contribution in [0.25, 0.3) is 0 Å². The lowest BCUT2D eigenvalue weighted by Crippen LogP contribution is -2.48. The fourth-order valence-electron chi connectivity index (χ4n) is 5.92. The topological polar surface area (TPSA) is 96.0 Å². The number of piperidine rings is 1. The molecule has 0 unspecified atom stereocenters. The molecular weight excluding hydrogens is 542 g/mol. The minimum atomic E-state index is -0.536. The number of anilines is 2. The summed E-state index contributed by atoms with van der Waals surface area (Å²) in [4.78, 5) is 34.0. The Bertz CT molecular complexity index is 1360. The van der Waals surface area contributed by atoms with Crippen molar-refractivity contribution in [2.24, 2.45) is 0 Å². The number of methoxy groups -OCH3 is 2. The highest BCUT2D eigenvalue weighted by Crippen LogP contribution is 2.29. The molecule has 1 aliphatic heterocycles. The minimum absolute atomic E-state index is 0.0913. The van der Waals surface area contributed by atoms with Crippen molar-refractivity contribution >= 4 is 23.4 Å². The number of aryl methyl sites for hydroxylation is 3. The Morgan fingerprint density at radius 3 is 2.30 bits per heavy atom. The predicted octanol–water partition coefficient (Wildman–Crippen LogP) is 5.87. The molecule has 43 heavy (non-hydrogen) atoms. The Hall–Kier alpha value is -4.11. The SMILES string of the molecule is COC(=O)Nc1cc(C)c(C(=O)NCC[C@@H](C)N2CCC(N(Cc3cnccc3C)c3ccc(OC)cc3)CC2)c(C)c1. The third-order valence-electron chi connectivity index (χ3n) is 8.49. The van der Waals surface area contributed by atoms with E-state index < -0.39 is 6.09 Å². The van der Waals surface area contributed by atoms with Crippen molar-refractivity contribution < 1.29 is 19.1 Å². The van der Waals surface area contributed by atoms with Crippen LogP contribution in [0.5, 0.6) is 5.75 Å². The summed E-state index contributed by atoms with van der Waals surface area (Å²) in [6.07, 6.45) is 6.29. The largest absolute Gasteiger partial charge is 0.497 e. The van der Waals surface area contributed by atoms with Gasteiger partial charge in [-0.1, -0.05) is 0 Å². The van der Waals surface area contributed by atoms with E-state index in [1.165, 1.54) is 23.9 Å². The van der Waals surface area contributed by atoms with Crippen LogP contribution in [0.4, 0.5) is 16.2 Å². The second-order valence-corrected chi connectivity index (χ2v) is 11.4. The lowest BCUT2D eigenvalue weighted by molar-refractivity contribution is 0.0944.